The fraction of sp³-hybridized carbons (Fsp3) is 0.250. The molecule has 5 rings (SSSR count). The van der Waals surface area contributed by atoms with Crippen LogP contribution in [-0.4, -0.2) is 37.7 Å². The summed E-state index contributed by atoms with van der Waals surface area (Å²) in [6.45, 7) is 0.252. The second-order valence-corrected chi connectivity index (χ2v) is 11.8. The summed E-state index contributed by atoms with van der Waals surface area (Å²) in [6.07, 6.45) is 4.07. The third-order valence-corrected chi connectivity index (χ3v) is 9.14. The Kier molecular flexibility index (Phi) is 6.98. The van der Waals surface area contributed by atoms with Gasteiger partial charge in [0, 0.05) is 28.6 Å². The Hall–Kier alpha value is -3.69. The van der Waals surface area contributed by atoms with Crippen LogP contribution in [0.5, 0.6) is 0 Å². The maximum Gasteiger partial charge on any atom is 0.337 e. The molecule has 0 spiro atoms. The van der Waals surface area contributed by atoms with Crippen LogP contribution in [0.2, 0.25) is 5.02 Å². The van der Waals surface area contributed by atoms with Crippen LogP contribution in [0.1, 0.15) is 62.3 Å². The molecule has 38 heavy (non-hydrogen) atoms. The second kappa shape index (κ2) is 10.2. The minimum absolute atomic E-state index is 0.0156. The van der Waals surface area contributed by atoms with Crippen molar-refractivity contribution in [2.24, 2.45) is 5.92 Å². The molecule has 3 aromatic rings. The lowest BCUT2D eigenvalue weighted by Gasteiger charge is -2.20. The monoisotopic (exact) mass is 552 g/mol. The highest BCUT2D eigenvalue weighted by atomic mass is 35.5. The molecule has 1 saturated carbocycles. The van der Waals surface area contributed by atoms with Crippen LogP contribution in [0.4, 0.5) is 11.4 Å². The lowest BCUT2D eigenvalue weighted by atomic mass is 9.94. The largest absolute Gasteiger partial charge is 0.478 e. The minimum Gasteiger partial charge on any atom is -0.478 e. The number of sulfonamides is 1. The van der Waals surface area contributed by atoms with E-state index in [1.807, 2.05) is 0 Å². The molecule has 8 nitrogen and oxygen atoms in total. The van der Waals surface area contributed by atoms with E-state index >= 15 is 0 Å². The zero-order valence-corrected chi connectivity index (χ0v) is 21.9. The standard InChI is InChI=1S/C28H25ClN2O6S/c29-21-10-8-17-12-13-31(25(17)16-21)38(36,37)22-7-3-6-20(14-22)27(33)30-24-11-9-19(15-23(24)28(34)35)26(32)18-4-1-2-5-18/h3,6-11,14-16,18H,1-2,4-5,12-13H2,(H,30,33)(H,34,35). The van der Waals surface area contributed by atoms with Gasteiger partial charge in [0.1, 0.15) is 0 Å². The third kappa shape index (κ3) is 4.91. The molecule has 0 bridgehead atoms. The van der Waals surface area contributed by atoms with Crippen molar-refractivity contribution in [3.8, 4) is 0 Å². The number of anilines is 2. The van der Waals surface area contributed by atoms with E-state index in [4.69, 9.17) is 11.6 Å². The van der Waals surface area contributed by atoms with Crippen molar-refractivity contribution in [3.63, 3.8) is 0 Å². The Morgan fingerprint density at radius 1 is 0.947 bits per heavy atom. The normalized spacial score (nSPS) is 15.3. The minimum atomic E-state index is -3.98. The van der Waals surface area contributed by atoms with Crippen molar-refractivity contribution in [2.75, 3.05) is 16.2 Å². The van der Waals surface area contributed by atoms with E-state index in [2.05, 4.69) is 5.32 Å². The molecule has 0 atom stereocenters. The van der Waals surface area contributed by atoms with Gasteiger partial charge in [0.2, 0.25) is 0 Å². The van der Waals surface area contributed by atoms with Crippen LogP contribution >= 0.6 is 11.6 Å². The fourth-order valence-corrected chi connectivity index (χ4v) is 6.81. The molecule has 0 radical (unpaired) electrons. The lowest BCUT2D eigenvalue weighted by molar-refractivity contribution is 0.0698. The van der Waals surface area contributed by atoms with Gasteiger partial charge >= 0.3 is 5.97 Å². The Bertz CT molecular complexity index is 1560. The number of carbonyl (C=O) groups is 3. The first-order valence-corrected chi connectivity index (χ1v) is 14.1. The van der Waals surface area contributed by atoms with Crippen LogP contribution < -0.4 is 9.62 Å². The molecule has 0 aromatic heterocycles. The van der Waals surface area contributed by atoms with Crippen LogP contribution in [0, 0.1) is 5.92 Å². The maximum absolute atomic E-state index is 13.4. The van der Waals surface area contributed by atoms with Gasteiger partial charge in [-0.2, -0.15) is 0 Å². The van der Waals surface area contributed by atoms with E-state index < -0.39 is 21.9 Å². The molecule has 1 heterocycles. The number of Topliss-reactive ketones (excluding diaryl/α,β-unsaturated/α-hetero) is 1. The number of aromatic carboxylic acids is 1. The summed E-state index contributed by atoms with van der Waals surface area (Å²) in [4.78, 5) is 37.7. The molecular weight excluding hydrogens is 528 g/mol. The first-order valence-electron chi connectivity index (χ1n) is 12.3. The van der Waals surface area contributed by atoms with Gasteiger partial charge in [-0.05, 0) is 73.4 Å². The molecule has 1 amide bonds. The predicted octanol–water partition coefficient (Wildman–Crippen LogP) is 5.41. The number of rotatable bonds is 7. The molecule has 3 aromatic carbocycles. The van der Waals surface area contributed by atoms with Gasteiger partial charge in [-0.15, -0.1) is 0 Å². The van der Waals surface area contributed by atoms with Gasteiger partial charge in [-0.1, -0.05) is 36.6 Å². The van der Waals surface area contributed by atoms with Crippen molar-refractivity contribution in [3.05, 3.63) is 87.9 Å². The van der Waals surface area contributed by atoms with E-state index in [-0.39, 0.29) is 40.0 Å². The average Bonchev–Trinajstić information content (AvgIpc) is 3.59. The van der Waals surface area contributed by atoms with E-state index in [1.54, 1.807) is 18.2 Å². The summed E-state index contributed by atoms with van der Waals surface area (Å²) in [6, 6.07) is 14.9. The average molecular weight is 553 g/mol. The van der Waals surface area contributed by atoms with Gasteiger partial charge in [0.15, 0.2) is 5.78 Å². The first-order chi connectivity index (χ1) is 18.1. The number of amides is 1. The predicted molar refractivity (Wildman–Crippen MR) is 144 cm³/mol. The molecular formula is C28H25ClN2O6S. The Balaban J connectivity index is 1.40. The molecule has 2 N–H and O–H groups in total. The molecule has 10 heteroatoms. The van der Waals surface area contributed by atoms with Gasteiger partial charge in [0.25, 0.3) is 15.9 Å². The summed E-state index contributed by atoms with van der Waals surface area (Å²) >= 11 is 6.09. The van der Waals surface area contributed by atoms with E-state index in [0.29, 0.717) is 22.7 Å². The highest BCUT2D eigenvalue weighted by molar-refractivity contribution is 7.92. The van der Waals surface area contributed by atoms with E-state index in [9.17, 15) is 27.9 Å². The van der Waals surface area contributed by atoms with Gasteiger partial charge in [-0.3, -0.25) is 13.9 Å². The SMILES string of the molecule is O=C(Nc1ccc(C(=O)C2CCCC2)cc1C(=O)O)c1cccc(S(=O)(=O)N2CCc3ccc(Cl)cc32)c1. The van der Waals surface area contributed by atoms with Crippen molar-refractivity contribution >= 4 is 50.7 Å². The van der Waals surface area contributed by atoms with E-state index in [1.165, 1.54) is 46.8 Å². The Morgan fingerprint density at radius 2 is 1.71 bits per heavy atom. The third-order valence-electron chi connectivity index (χ3n) is 7.09. The highest BCUT2D eigenvalue weighted by Gasteiger charge is 2.31. The van der Waals surface area contributed by atoms with Crippen LogP contribution in [0.25, 0.3) is 0 Å². The van der Waals surface area contributed by atoms with Crippen LogP contribution in [-0.2, 0) is 16.4 Å². The van der Waals surface area contributed by atoms with Gasteiger partial charge < -0.3 is 10.4 Å². The number of halogens is 1. The number of nitrogens with zero attached hydrogens (tertiary/aromatic N) is 1. The first kappa shape index (κ1) is 25.9. The molecule has 2 aliphatic rings. The summed E-state index contributed by atoms with van der Waals surface area (Å²) in [5.74, 6) is -2.17. The molecule has 1 fully saturated rings. The summed E-state index contributed by atoms with van der Waals surface area (Å²) in [5, 5.41) is 12.7. The quantitative estimate of drug-likeness (QED) is 0.378. The number of carboxylic acids is 1. The van der Waals surface area contributed by atoms with E-state index in [0.717, 1.165) is 31.2 Å². The number of benzene rings is 3. The fourth-order valence-electron chi connectivity index (χ4n) is 5.10. The maximum atomic E-state index is 13.4. The summed E-state index contributed by atoms with van der Waals surface area (Å²) in [7, 11) is -3.98. The Labute approximate surface area is 225 Å². The molecule has 1 aliphatic carbocycles. The molecule has 196 valence electrons. The number of carbonyl (C=O) groups excluding carboxylic acids is 2. The number of ketones is 1. The number of hydrogen-bond acceptors (Lipinski definition) is 5. The zero-order valence-electron chi connectivity index (χ0n) is 20.3. The van der Waals surface area contributed by atoms with Crippen molar-refractivity contribution in [2.45, 2.75) is 37.0 Å². The second-order valence-electron chi connectivity index (χ2n) is 9.49. The van der Waals surface area contributed by atoms with Crippen molar-refractivity contribution in [1.82, 2.24) is 0 Å². The summed E-state index contributed by atoms with van der Waals surface area (Å²) < 4.78 is 28.1. The summed E-state index contributed by atoms with van der Waals surface area (Å²) in [5.41, 5.74) is 1.51. The number of hydrogen-bond donors (Lipinski definition) is 2. The Morgan fingerprint density at radius 3 is 2.45 bits per heavy atom. The van der Waals surface area contributed by atoms with Crippen molar-refractivity contribution in [1.29, 1.82) is 0 Å². The lowest BCUT2D eigenvalue weighted by Crippen LogP contribution is -2.29. The van der Waals surface area contributed by atoms with Gasteiger partial charge in [0.05, 0.1) is 21.8 Å². The molecule has 0 unspecified atom stereocenters. The smallest absolute Gasteiger partial charge is 0.337 e. The zero-order chi connectivity index (χ0) is 27.0. The number of carboxylic acid groups (broad SMARTS) is 1. The highest BCUT2D eigenvalue weighted by Crippen LogP contribution is 2.35. The number of fused-ring (bicyclic) bond motifs is 1. The topological polar surface area (TPSA) is 121 Å². The van der Waals surface area contributed by atoms with Crippen LogP contribution in [0.3, 0.4) is 0 Å². The van der Waals surface area contributed by atoms with Crippen molar-refractivity contribution < 1.29 is 27.9 Å². The molecule has 0 saturated heterocycles. The van der Waals surface area contributed by atoms with Crippen LogP contribution in [0.15, 0.2) is 65.6 Å². The van der Waals surface area contributed by atoms with Gasteiger partial charge in [-0.25, -0.2) is 13.2 Å². The number of nitrogens with one attached hydrogen (secondary N) is 1. The molecule has 1 aliphatic heterocycles.